The second-order valence-electron chi connectivity index (χ2n) is 4.59. The number of anilines is 1. The molecule has 0 spiro atoms. The van der Waals surface area contributed by atoms with Gasteiger partial charge >= 0.3 is 0 Å². The van der Waals surface area contributed by atoms with Gasteiger partial charge in [-0.15, -0.1) is 0 Å². The maximum Gasteiger partial charge on any atom is 0.248 e. The average molecular weight is 267 g/mol. The molecular formula is C13H18FN3O2. The molecule has 1 aromatic carbocycles. The Kier molecular flexibility index (Phi) is 5.00. The van der Waals surface area contributed by atoms with E-state index in [9.17, 15) is 14.0 Å². The van der Waals surface area contributed by atoms with Crippen LogP contribution in [-0.2, 0) is 4.79 Å². The fourth-order valence-electron chi connectivity index (χ4n) is 1.55. The van der Waals surface area contributed by atoms with Gasteiger partial charge in [-0.3, -0.25) is 9.59 Å². The maximum absolute atomic E-state index is 13.6. The molecule has 0 aliphatic carbocycles. The van der Waals surface area contributed by atoms with Gasteiger partial charge < -0.3 is 16.8 Å². The summed E-state index contributed by atoms with van der Waals surface area (Å²) in [5, 5.41) is 2.57. The Hall–Kier alpha value is -1.95. The fraction of sp³-hybridized carbons (Fsp3) is 0.385. The number of nitrogens with two attached hydrogens (primary N) is 2. The molecule has 0 aliphatic rings. The van der Waals surface area contributed by atoms with Gasteiger partial charge in [-0.2, -0.15) is 0 Å². The number of carbonyl (C=O) groups is 2. The predicted octanol–water partition coefficient (Wildman–Crippen LogP) is 1.16. The molecule has 1 aromatic rings. The molecule has 1 rings (SSSR count). The Morgan fingerprint density at radius 2 is 2.05 bits per heavy atom. The van der Waals surface area contributed by atoms with Gasteiger partial charge in [0.25, 0.3) is 0 Å². The highest BCUT2D eigenvalue weighted by Crippen LogP contribution is 2.21. The van der Waals surface area contributed by atoms with Crippen LogP contribution in [0.2, 0.25) is 0 Å². The summed E-state index contributed by atoms with van der Waals surface area (Å²) in [4.78, 5) is 22.8. The molecule has 0 fully saturated rings. The zero-order valence-electron chi connectivity index (χ0n) is 11.0. The van der Waals surface area contributed by atoms with E-state index < -0.39 is 11.7 Å². The van der Waals surface area contributed by atoms with Crippen molar-refractivity contribution in [2.45, 2.75) is 20.3 Å². The standard InChI is InChI=1S/C13H18FN3O2/c1-7(6-15)3-12(18)17-11-5-9(13(16)19)4-10(14)8(11)2/h4-5,7H,3,6,15H2,1-2H3,(H2,16,19)(H,17,18). The van der Waals surface area contributed by atoms with Crippen molar-refractivity contribution in [3.63, 3.8) is 0 Å². The molecule has 104 valence electrons. The minimum Gasteiger partial charge on any atom is -0.366 e. The summed E-state index contributed by atoms with van der Waals surface area (Å²) in [5.74, 6) is -1.57. The number of halogens is 1. The van der Waals surface area contributed by atoms with Crippen LogP contribution in [0.5, 0.6) is 0 Å². The average Bonchev–Trinajstić information content (AvgIpc) is 2.34. The van der Waals surface area contributed by atoms with Gasteiger partial charge in [0.2, 0.25) is 11.8 Å². The molecular weight excluding hydrogens is 249 g/mol. The lowest BCUT2D eigenvalue weighted by Gasteiger charge is -2.12. The molecule has 5 nitrogen and oxygen atoms in total. The highest BCUT2D eigenvalue weighted by molar-refractivity contribution is 5.97. The first-order chi connectivity index (χ1) is 8.85. The lowest BCUT2D eigenvalue weighted by Crippen LogP contribution is -2.21. The van der Waals surface area contributed by atoms with Crippen molar-refractivity contribution < 1.29 is 14.0 Å². The third kappa shape index (κ3) is 4.03. The van der Waals surface area contributed by atoms with Crippen molar-refractivity contribution in [3.8, 4) is 0 Å². The van der Waals surface area contributed by atoms with Gasteiger partial charge in [-0.1, -0.05) is 6.92 Å². The molecule has 0 saturated heterocycles. The molecule has 5 N–H and O–H groups in total. The summed E-state index contributed by atoms with van der Waals surface area (Å²) in [5.41, 5.74) is 11.1. The molecule has 6 heteroatoms. The Labute approximate surface area is 111 Å². The third-order valence-corrected chi connectivity index (χ3v) is 2.84. The van der Waals surface area contributed by atoms with Gasteiger partial charge in [-0.25, -0.2) is 4.39 Å². The van der Waals surface area contributed by atoms with Crippen LogP contribution in [0.15, 0.2) is 12.1 Å². The number of nitrogens with one attached hydrogen (secondary N) is 1. The topological polar surface area (TPSA) is 98.2 Å². The maximum atomic E-state index is 13.6. The van der Waals surface area contributed by atoms with Crippen LogP contribution in [0.4, 0.5) is 10.1 Å². The Bertz CT molecular complexity index is 503. The van der Waals surface area contributed by atoms with Crippen molar-refractivity contribution in [1.82, 2.24) is 0 Å². The van der Waals surface area contributed by atoms with E-state index in [0.717, 1.165) is 6.07 Å². The first-order valence-electron chi connectivity index (χ1n) is 5.95. The minimum atomic E-state index is -0.746. The SMILES string of the molecule is Cc1c(F)cc(C(N)=O)cc1NC(=O)CC(C)CN. The smallest absolute Gasteiger partial charge is 0.248 e. The fourth-order valence-corrected chi connectivity index (χ4v) is 1.55. The number of amides is 2. The lowest BCUT2D eigenvalue weighted by atomic mass is 10.1. The van der Waals surface area contributed by atoms with Gasteiger partial charge in [0.05, 0.1) is 0 Å². The molecule has 0 heterocycles. The third-order valence-electron chi connectivity index (χ3n) is 2.84. The van der Waals surface area contributed by atoms with E-state index in [4.69, 9.17) is 11.5 Å². The Morgan fingerprint density at radius 1 is 1.42 bits per heavy atom. The second kappa shape index (κ2) is 6.29. The summed E-state index contributed by atoms with van der Waals surface area (Å²) >= 11 is 0. The van der Waals surface area contributed by atoms with Crippen molar-refractivity contribution in [1.29, 1.82) is 0 Å². The van der Waals surface area contributed by atoms with Crippen molar-refractivity contribution in [2.24, 2.45) is 17.4 Å². The molecule has 1 unspecified atom stereocenters. The van der Waals surface area contributed by atoms with Crippen molar-refractivity contribution in [3.05, 3.63) is 29.1 Å². The Balaban J connectivity index is 2.94. The first-order valence-corrected chi connectivity index (χ1v) is 5.95. The number of hydrogen-bond acceptors (Lipinski definition) is 3. The zero-order valence-corrected chi connectivity index (χ0v) is 11.0. The van der Waals surface area contributed by atoms with Crippen molar-refractivity contribution >= 4 is 17.5 Å². The number of carbonyl (C=O) groups excluding carboxylic acids is 2. The van der Waals surface area contributed by atoms with Gasteiger partial charge in [0, 0.05) is 23.2 Å². The molecule has 1 atom stereocenters. The van der Waals surface area contributed by atoms with E-state index in [0.29, 0.717) is 6.54 Å². The van der Waals surface area contributed by atoms with E-state index in [1.807, 2.05) is 6.92 Å². The summed E-state index contributed by atoms with van der Waals surface area (Å²) in [6.45, 7) is 3.75. The van der Waals surface area contributed by atoms with Crippen LogP contribution < -0.4 is 16.8 Å². The van der Waals surface area contributed by atoms with Crippen molar-refractivity contribution in [2.75, 3.05) is 11.9 Å². The largest absolute Gasteiger partial charge is 0.366 e. The first kappa shape index (κ1) is 15.1. The zero-order chi connectivity index (χ0) is 14.6. The lowest BCUT2D eigenvalue weighted by molar-refractivity contribution is -0.116. The normalized spacial score (nSPS) is 12.0. The van der Waals surface area contributed by atoms with E-state index in [-0.39, 0.29) is 35.1 Å². The van der Waals surface area contributed by atoms with Crippen LogP contribution in [0.25, 0.3) is 0 Å². The van der Waals surface area contributed by atoms with E-state index in [1.165, 1.54) is 13.0 Å². The molecule has 0 aromatic heterocycles. The number of primary amides is 1. The van der Waals surface area contributed by atoms with Crippen LogP contribution in [0, 0.1) is 18.7 Å². The molecule has 19 heavy (non-hydrogen) atoms. The number of hydrogen-bond donors (Lipinski definition) is 3. The van der Waals surface area contributed by atoms with E-state index >= 15 is 0 Å². The molecule has 2 amide bonds. The minimum absolute atomic E-state index is 0.0188. The van der Waals surface area contributed by atoms with Gasteiger partial charge in [-0.05, 0) is 31.5 Å². The predicted molar refractivity (Wildman–Crippen MR) is 71.1 cm³/mol. The highest BCUT2D eigenvalue weighted by atomic mass is 19.1. The molecule has 0 radical (unpaired) electrons. The van der Waals surface area contributed by atoms with Crippen LogP contribution in [0.1, 0.15) is 29.3 Å². The summed E-state index contributed by atoms with van der Waals surface area (Å²) in [7, 11) is 0. The number of benzene rings is 1. The monoisotopic (exact) mass is 267 g/mol. The molecule has 0 saturated carbocycles. The van der Waals surface area contributed by atoms with Crippen LogP contribution in [-0.4, -0.2) is 18.4 Å². The van der Waals surface area contributed by atoms with Crippen LogP contribution >= 0.6 is 0 Å². The quantitative estimate of drug-likeness (QED) is 0.746. The summed E-state index contributed by atoms with van der Waals surface area (Å²) < 4.78 is 13.6. The summed E-state index contributed by atoms with van der Waals surface area (Å²) in [6.07, 6.45) is 0.234. The molecule has 0 aliphatic heterocycles. The van der Waals surface area contributed by atoms with E-state index in [2.05, 4.69) is 5.32 Å². The van der Waals surface area contributed by atoms with Crippen LogP contribution in [0.3, 0.4) is 0 Å². The Morgan fingerprint density at radius 3 is 2.58 bits per heavy atom. The molecule has 0 bridgehead atoms. The van der Waals surface area contributed by atoms with Gasteiger partial charge in [0.15, 0.2) is 0 Å². The van der Waals surface area contributed by atoms with E-state index in [1.54, 1.807) is 0 Å². The highest BCUT2D eigenvalue weighted by Gasteiger charge is 2.14. The summed E-state index contributed by atoms with van der Waals surface area (Å²) in [6, 6.07) is 2.42. The number of rotatable bonds is 5. The second-order valence-corrected chi connectivity index (χ2v) is 4.59. The van der Waals surface area contributed by atoms with Gasteiger partial charge in [0.1, 0.15) is 5.82 Å².